The van der Waals surface area contributed by atoms with E-state index in [1.807, 2.05) is 0 Å². The van der Waals surface area contributed by atoms with Gasteiger partial charge in [-0.2, -0.15) is 0 Å². The number of urea groups is 1. The molecule has 4 amide bonds. The van der Waals surface area contributed by atoms with Crippen molar-refractivity contribution in [1.29, 1.82) is 0 Å². The van der Waals surface area contributed by atoms with E-state index in [0.29, 0.717) is 34.2 Å². The maximum absolute atomic E-state index is 13.1. The van der Waals surface area contributed by atoms with Gasteiger partial charge in [-0.1, -0.05) is 0 Å². The minimum atomic E-state index is -1.10. The van der Waals surface area contributed by atoms with Crippen molar-refractivity contribution >= 4 is 23.5 Å². The van der Waals surface area contributed by atoms with Gasteiger partial charge in [-0.15, -0.1) is 0 Å². The number of methoxy groups -OCH3 is 4. The first-order valence-corrected chi connectivity index (χ1v) is 9.05. The number of ether oxygens (including phenoxy) is 4. The number of hydrogen-bond donors (Lipinski definition) is 1. The van der Waals surface area contributed by atoms with Crippen molar-refractivity contribution in [1.82, 2.24) is 5.32 Å². The second-order valence-corrected chi connectivity index (χ2v) is 6.46. The van der Waals surface area contributed by atoms with Gasteiger partial charge in [0.05, 0.1) is 34.1 Å². The maximum atomic E-state index is 13.1. The first kappa shape index (κ1) is 21.0. The van der Waals surface area contributed by atoms with E-state index >= 15 is 0 Å². The molecule has 2 aromatic carbocycles. The average Bonchev–Trinajstić information content (AvgIpc) is 2.76. The van der Waals surface area contributed by atoms with E-state index in [1.165, 1.54) is 28.4 Å². The van der Waals surface area contributed by atoms with Crippen molar-refractivity contribution in [3.63, 3.8) is 0 Å². The molecule has 1 saturated heterocycles. The number of amides is 4. The molecule has 1 atom stereocenters. The predicted octanol–water partition coefficient (Wildman–Crippen LogP) is 2.16. The van der Waals surface area contributed by atoms with Crippen LogP contribution in [0.25, 0.3) is 0 Å². The lowest BCUT2D eigenvalue weighted by Crippen LogP contribution is -2.58. The summed E-state index contributed by atoms with van der Waals surface area (Å²) in [6, 6.07) is 8.93. The highest BCUT2D eigenvalue weighted by atomic mass is 16.5. The number of benzene rings is 2. The number of rotatable bonds is 7. The summed E-state index contributed by atoms with van der Waals surface area (Å²) in [5.41, 5.74) is 0.947. The zero-order chi connectivity index (χ0) is 21.8. The first-order valence-electron chi connectivity index (χ1n) is 9.05. The quantitative estimate of drug-likeness (QED) is 0.693. The Labute approximate surface area is 173 Å². The van der Waals surface area contributed by atoms with Gasteiger partial charge in [-0.05, 0) is 48.4 Å². The van der Waals surface area contributed by atoms with E-state index in [9.17, 15) is 14.4 Å². The van der Waals surface area contributed by atoms with Gasteiger partial charge in [0.1, 0.15) is 11.7 Å². The molecule has 158 valence electrons. The Hall–Kier alpha value is -3.75. The fraction of sp³-hybridized carbons (Fsp3) is 0.286. The van der Waals surface area contributed by atoms with E-state index < -0.39 is 23.8 Å². The van der Waals surface area contributed by atoms with Crippen LogP contribution < -0.4 is 29.2 Å². The summed E-state index contributed by atoms with van der Waals surface area (Å²) in [7, 11) is 5.95. The third-order valence-electron chi connectivity index (χ3n) is 4.76. The summed E-state index contributed by atoms with van der Waals surface area (Å²) in [5.74, 6) is -0.608. The number of carbonyl (C=O) groups excluding carboxylic acids is 3. The van der Waals surface area contributed by atoms with Gasteiger partial charge in [0.2, 0.25) is 17.6 Å². The molecule has 0 aliphatic carbocycles. The topological polar surface area (TPSA) is 103 Å². The molecule has 0 unspecified atom stereocenters. The van der Waals surface area contributed by atoms with Crippen LogP contribution in [0.3, 0.4) is 0 Å². The van der Waals surface area contributed by atoms with E-state index in [0.717, 1.165) is 4.90 Å². The summed E-state index contributed by atoms with van der Waals surface area (Å²) < 4.78 is 21.0. The van der Waals surface area contributed by atoms with Gasteiger partial charge in [0.25, 0.3) is 0 Å². The highest BCUT2D eigenvalue weighted by Gasteiger charge is 2.41. The summed E-state index contributed by atoms with van der Waals surface area (Å²) in [6.07, 6.45) is 0.0430. The number of nitrogens with zero attached hydrogens (tertiary/aromatic N) is 1. The molecular formula is C21H22N2O7. The molecule has 1 fully saturated rings. The minimum Gasteiger partial charge on any atom is -0.497 e. The van der Waals surface area contributed by atoms with E-state index in [4.69, 9.17) is 18.9 Å². The van der Waals surface area contributed by atoms with Gasteiger partial charge in [0, 0.05) is 0 Å². The highest BCUT2D eigenvalue weighted by molar-refractivity contribution is 6.27. The van der Waals surface area contributed by atoms with Crippen LogP contribution in [0.2, 0.25) is 0 Å². The number of nitrogens with one attached hydrogen (secondary N) is 1. The molecule has 1 heterocycles. The van der Waals surface area contributed by atoms with Gasteiger partial charge >= 0.3 is 6.03 Å². The Morgan fingerprint density at radius 3 is 1.97 bits per heavy atom. The number of imide groups is 2. The molecule has 30 heavy (non-hydrogen) atoms. The van der Waals surface area contributed by atoms with Crippen LogP contribution >= 0.6 is 0 Å². The fourth-order valence-corrected chi connectivity index (χ4v) is 3.26. The highest BCUT2D eigenvalue weighted by Crippen LogP contribution is 2.39. The Balaban J connectivity index is 1.92. The van der Waals surface area contributed by atoms with Crippen LogP contribution in [0.15, 0.2) is 36.4 Å². The Morgan fingerprint density at radius 1 is 0.867 bits per heavy atom. The second-order valence-electron chi connectivity index (χ2n) is 6.46. The zero-order valence-electron chi connectivity index (χ0n) is 17.1. The van der Waals surface area contributed by atoms with Crippen LogP contribution in [-0.2, 0) is 16.0 Å². The van der Waals surface area contributed by atoms with Gasteiger partial charge in [0.15, 0.2) is 11.5 Å². The smallest absolute Gasteiger partial charge is 0.335 e. The lowest BCUT2D eigenvalue weighted by atomic mass is 9.94. The molecule has 1 N–H and O–H groups in total. The third kappa shape index (κ3) is 3.86. The number of anilines is 1. The minimum absolute atomic E-state index is 0.0430. The fourth-order valence-electron chi connectivity index (χ4n) is 3.26. The molecule has 9 heteroatoms. The van der Waals surface area contributed by atoms with Gasteiger partial charge < -0.3 is 18.9 Å². The van der Waals surface area contributed by atoms with Crippen molar-refractivity contribution < 1.29 is 33.3 Å². The van der Waals surface area contributed by atoms with Crippen LogP contribution in [0.4, 0.5) is 10.5 Å². The van der Waals surface area contributed by atoms with Crippen molar-refractivity contribution in [2.45, 2.75) is 6.42 Å². The predicted molar refractivity (Wildman–Crippen MR) is 107 cm³/mol. The maximum Gasteiger partial charge on any atom is 0.335 e. The Bertz CT molecular complexity index is 947. The second kappa shape index (κ2) is 8.73. The summed E-state index contributed by atoms with van der Waals surface area (Å²) in [5, 5.41) is 2.25. The van der Waals surface area contributed by atoms with E-state index in [-0.39, 0.29) is 6.42 Å². The van der Waals surface area contributed by atoms with Crippen molar-refractivity contribution in [2.75, 3.05) is 33.3 Å². The van der Waals surface area contributed by atoms with Gasteiger partial charge in [-0.3, -0.25) is 14.9 Å². The lowest BCUT2D eigenvalue weighted by Gasteiger charge is -2.30. The van der Waals surface area contributed by atoms with Crippen LogP contribution in [0.1, 0.15) is 5.56 Å². The summed E-state index contributed by atoms with van der Waals surface area (Å²) in [4.78, 5) is 38.8. The largest absolute Gasteiger partial charge is 0.497 e. The molecule has 1 aliphatic heterocycles. The summed E-state index contributed by atoms with van der Waals surface area (Å²) in [6.45, 7) is 0. The standard InChI is InChI=1S/C21H22N2O7/c1-27-14-7-5-13(6-8-14)23-20(25)15(19(24)22-21(23)26)9-12-10-16(28-2)18(30-4)17(11-12)29-3/h5-8,10-11,15H,9H2,1-4H3,(H,22,24,26)/t15-/m1/s1. The molecular weight excluding hydrogens is 392 g/mol. The van der Waals surface area contributed by atoms with Crippen molar-refractivity contribution in [2.24, 2.45) is 5.92 Å². The van der Waals surface area contributed by atoms with Crippen molar-refractivity contribution in [3.8, 4) is 23.0 Å². The first-order chi connectivity index (χ1) is 14.4. The molecule has 0 saturated carbocycles. The zero-order valence-corrected chi connectivity index (χ0v) is 17.1. The molecule has 1 aliphatic rings. The van der Waals surface area contributed by atoms with Crippen LogP contribution in [0.5, 0.6) is 23.0 Å². The van der Waals surface area contributed by atoms with Gasteiger partial charge in [-0.25, -0.2) is 9.69 Å². The van der Waals surface area contributed by atoms with E-state index in [1.54, 1.807) is 36.4 Å². The molecule has 9 nitrogen and oxygen atoms in total. The molecule has 0 spiro atoms. The average molecular weight is 414 g/mol. The number of hydrogen-bond acceptors (Lipinski definition) is 7. The lowest BCUT2D eigenvalue weighted by molar-refractivity contribution is -0.134. The molecule has 0 bridgehead atoms. The van der Waals surface area contributed by atoms with Crippen LogP contribution in [0, 0.1) is 5.92 Å². The Kier molecular flexibility index (Phi) is 6.10. The van der Waals surface area contributed by atoms with Crippen LogP contribution in [-0.4, -0.2) is 46.3 Å². The molecule has 3 rings (SSSR count). The SMILES string of the molecule is COc1ccc(N2C(=O)NC(=O)[C@@H](Cc3cc(OC)c(OC)c(OC)c3)C2=O)cc1. The van der Waals surface area contributed by atoms with E-state index in [2.05, 4.69) is 5.32 Å². The number of carbonyl (C=O) groups is 3. The molecule has 0 radical (unpaired) electrons. The Morgan fingerprint density at radius 2 is 1.47 bits per heavy atom. The normalized spacial score (nSPS) is 16.2. The third-order valence-corrected chi connectivity index (χ3v) is 4.76. The van der Waals surface area contributed by atoms with Crippen molar-refractivity contribution in [3.05, 3.63) is 42.0 Å². The monoisotopic (exact) mass is 414 g/mol. The molecule has 0 aromatic heterocycles. The summed E-state index contributed by atoms with van der Waals surface area (Å²) >= 11 is 0. The number of barbiturate groups is 1. The molecule has 2 aromatic rings.